The number of pyridine rings is 1. The first-order valence-electron chi connectivity index (χ1n) is 5.46. The summed E-state index contributed by atoms with van der Waals surface area (Å²) in [5.41, 5.74) is 0.315. The fraction of sp³-hybridized carbons (Fsp3) is 0.500. The smallest absolute Gasteiger partial charge is 0.258 e. The van der Waals surface area contributed by atoms with Crippen LogP contribution in [-0.4, -0.2) is 23.7 Å². The van der Waals surface area contributed by atoms with Crippen LogP contribution in [0.4, 0.5) is 0 Å². The largest absolute Gasteiger partial charge is 0.379 e. The topological polar surface area (TPSA) is 43.6 Å². The van der Waals surface area contributed by atoms with E-state index in [0.29, 0.717) is 18.7 Å². The molecule has 1 aliphatic rings. The van der Waals surface area contributed by atoms with Gasteiger partial charge in [-0.3, -0.25) is 4.79 Å². The van der Waals surface area contributed by atoms with Crippen molar-refractivity contribution in [3.63, 3.8) is 0 Å². The quantitative estimate of drug-likeness (QED) is 0.742. The molecular formula is C12H16N2O2. The van der Waals surface area contributed by atoms with Crippen molar-refractivity contribution in [3.8, 4) is 0 Å². The second kappa shape index (κ2) is 4.22. The lowest BCUT2D eigenvalue weighted by Gasteiger charge is -2.37. The summed E-state index contributed by atoms with van der Waals surface area (Å²) in [5.74, 6) is -0.0666. The Balaban J connectivity index is 2.31. The molecule has 2 heterocycles. The standard InChI is InChI=1S/C12H16N2O2/c1-3-12(8-16-9-12)11(15)13-10-6-4-5-7-14(10)2/h4-7H,3,8-9H2,1-2H3/b13-10+. The normalized spacial score (nSPS) is 19.2. The van der Waals surface area contributed by atoms with E-state index in [-0.39, 0.29) is 11.3 Å². The number of carbonyl (C=O) groups excluding carboxylic acids is 1. The molecule has 16 heavy (non-hydrogen) atoms. The average molecular weight is 220 g/mol. The molecule has 0 bridgehead atoms. The molecule has 0 aliphatic carbocycles. The summed E-state index contributed by atoms with van der Waals surface area (Å²) < 4.78 is 6.96. The summed E-state index contributed by atoms with van der Waals surface area (Å²) >= 11 is 0. The third-order valence-electron chi connectivity index (χ3n) is 3.13. The Labute approximate surface area is 94.6 Å². The van der Waals surface area contributed by atoms with Gasteiger partial charge >= 0.3 is 0 Å². The lowest BCUT2D eigenvalue weighted by atomic mass is 9.82. The SMILES string of the molecule is CCC1(C(=O)/N=c2\ccccn2C)COC1. The van der Waals surface area contributed by atoms with Crippen molar-refractivity contribution >= 4 is 5.91 Å². The fourth-order valence-corrected chi connectivity index (χ4v) is 1.68. The van der Waals surface area contributed by atoms with Crippen LogP contribution in [-0.2, 0) is 16.6 Å². The number of hydrogen-bond donors (Lipinski definition) is 0. The minimum atomic E-state index is -0.372. The van der Waals surface area contributed by atoms with Gasteiger partial charge in [0.25, 0.3) is 5.91 Å². The van der Waals surface area contributed by atoms with Gasteiger partial charge in [0.15, 0.2) is 0 Å². The number of aryl methyl sites for hydroxylation is 1. The van der Waals surface area contributed by atoms with E-state index in [9.17, 15) is 4.79 Å². The zero-order chi connectivity index (χ0) is 11.6. The molecule has 0 spiro atoms. The van der Waals surface area contributed by atoms with E-state index >= 15 is 0 Å². The predicted molar refractivity (Wildman–Crippen MR) is 59.5 cm³/mol. The summed E-state index contributed by atoms with van der Waals surface area (Å²) in [4.78, 5) is 16.2. The maximum atomic E-state index is 12.0. The van der Waals surface area contributed by atoms with Crippen molar-refractivity contribution in [3.05, 3.63) is 29.9 Å². The zero-order valence-corrected chi connectivity index (χ0v) is 9.64. The lowest BCUT2D eigenvalue weighted by Crippen LogP contribution is -2.48. The van der Waals surface area contributed by atoms with Crippen molar-refractivity contribution in [1.82, 2.24) is 4.57 Å². The van der Waals surface area contributed by atoms with Gasteiger partial charge in [0.2, 0.25) is 0 Å². The molecule has 1 amide bonds. The van der Waals surface area contributed by atoms with E-state index in [1.165, 1.54) is 0 Å². The minimum Gasteiger partial charge on any atom is -0.379 e. The third kappa shape index (κ3) is 1.80. The third-order valence-corrected chi connectivity index (χ3v) is 3.13. The van der Waals surface area contributed by atoms with Crippen LogP contribution >= 0.6 is 0 Å². The highest BCUT2D eigenvalue weighted by atomic mass is 16.5. The molecule has 1 aromatic heterocycles. The number of hydrogen-bond acceptors (Lipinski definition) is 2. The Bertz CT molecular complexity index is 453. The number of rotatable bonds is 2. The number of ether oxygens (including phenoxy) is 1. The van der Waals surface area contributed by atoms with E-state index in [4.69, 9.17) is 4.74 Å². The first-order valence-corrected chi connectivity index (χ1v) is 5.46. The Morgan fingerprint density at radius 3 is 2.81 bits per heavy atom. The Kier molecular flexibility index (Phi) is 2.92. The molecule has 0 aromatic carbocycles. The Morgan fingerprint density at radius 1 is 1.56 bits per heavy atom. The van der Waals surface area contributed by atoms with Gasteiger partial charge in [0.05, 0.1) is 18.6 Å². The molecule has 1 fully saturated rings. The second-order valence-corrected chi connectivity index (χ2v) is 4.21. The van der Waals surface area contributed by atoms with Gasteiger partial charge in [-0.2, -0.15) is 4.99 Å². The van der Waals surface area contributed by atoms with Crippen LogP contribution in [0.2, 0.25) is 0 Å². The Hall–Kier alpha value is -1.42. The monoisotopic (exact) mass is 220 g/mol. The predicted octanol–water partition coefficient (Wildman–Crippen LogP) is 0.879. The molecule has 1 aliphatic heterocycles. The van der Waals surface area contributed by atoms with Crippen molar-refractivity contribution in [1.29, 1.82) is 0 Å². The molecule has 0 unspecified atom stereocenters. The van der Waals surface area contributed by atoms with Crippen molar-refractivity contribution in [2.75, 3.05) is 13.2 Å². The first kappa shape index (κ1) is 11.1. The summed E-state index contributed by atoms with van der Waals surface area (Å²) in [6.45, 7) is 3.01. The van der Waals surface area contributed by atoms with Gasteiger partial charge in [-0.15, -0.1) is 0 Å². The molecule has 1 saturated heterocycles. The summed E-state index contributed by atoms with van der Waals surface area (Å²) in [6, 6.07) is 5.62. The van der Waals surface area contributed by atoms with Crippen molar-refractivity contribution in [2.45, 2.75) is 13.3 Å². The van der Waals surface area contributed by atoms with Gasteiger partial charge in [0, 0.05) is 13.2 Å². The van der Waals surface area contributed by atoms with E-state index < -0.39 is 0 Å². The molecule has 86 valence electrons. The molecule has 1 aromatic rings. The van der Waals surface area contributed by atoms with Crippen molar-refractivity contribution < 1.29 is 9.53 Å². The van der Waals surface area contributed by atoms with E-state index in [1.54, 1.807) is 0 Å². The van der Waals surface area contributed by atoms with E-state index in [0.717, 1.165) is 6.42 Å². The van der Waals surface area contributed by atoms with Gasteiger partial charge in [0.1, 0.15) is 5.49 Å². The van der Waals surface area contributed by atoms with Crippen LogP contribution in [0.25, 0.3) is 0 Å². The molecular weight excluding hydrogens is 204 g/mol. The number of nitrogens with zero attached hydrogens (tertiary/aromatic N) is 2. The molecule has 0 atom stereocenters. The molecule has 0 saturated carbocycles. The van der Waals surface area contributed by atoms with Gasteiger partial charge in [-0.25, -0.2) is 0 Å². The zero-order valence-electron chi connectivity index (χ0n) is 9.64. The molecule has 0 N–H and O–H groups in total. The van der Waals surface area contributed by atoms with Gasteiger partial charge < -0.3 is 9.30 Å². The lowest BCUT2D eigenvalue weighted by molar-refractivity contribution is -0.158. The minimum absolute atomic E-state index is 0.0666. The number of amides is 1. The van der Waals surface area contributed by atoms with Crippen LogP contribution in [0.5, 0.6) is 0 Å². The summed E-state index contributed by atoms with van der Waals surface area (Å²) in [7, 11) is 1.88. The van der Waals surface area contributed by atoms with Gasteiger partial charge in [-0.05, 0) is 18.6 Å². The first-order chi connectivity index (χ1) is 7.68. The van der Waals surface area contributed by atoms with Gasteiger partial charge in [-0.1, -0.05) is 13.0 Å². The molecule has 4 heteroatoms. The van der Waals surface area contributed by atoms with Crippen LogP contribution in [0.3, 0.4) is 0 Å². The van der Waals surface area contributed by atoms with Crippen LogP contribution < -0.4 is 5.49 Å². The van der Waals surface area contributed by atoms with Crippen molar-refractivity contribution in [2.24, 2.45) is 17.5 Å². The second-order valence-electron chi connectivity index (χ2n) is 4.21. The Morgan fingerprint density at radius 2 is 2.31 bits per heavy atom. The molecule has 2 rings (SSSR count). The highest BCUT2D eigenvalue weighted by Gasteiger charge is 2.44. The molecule has 0 radical (unpaired) electrons. The molecule has 4 nitrogen and oxygen atoms in total. The average Bonchev–Trinajstić information content (AvgIpc) is 2.21. The van der Waals surface area contributed by atoms with E-state index in [2.05, 4.69) is 4.99 Å². The summed E-state index contributed by atoms with van der Waals surface area (Å²) in [5, 5.41) is 0. The number of aromatic nitrogens is 1. The van der Waals surface area contributed by atoms with E-state index in [1.807, 2.05) is 42.9 Å². The number of carbonyl (C=O) groups is 1. The summed E-state index contributed by atoms with van der Waals surface area (Å²) in [6.07, 6.45) is 2.66. The highest BCUT2D eigenvalue weighted by Crippen LogP contribution is 2.32. The maximum Gasteiger partial charge on any atom is 0.258 e. The highest BCUT2D eigenvalue weighted by molar-refractivity contribution is 5.84. The maximum absolute atomic E-state index is 12.0. The fourth-order valence-electron chi connectivity index (χ4n) is 1.68. The van der Waals surface area contributed by atoms with Crippen LogP contribution in [0, 0.1) is 5.41 Å². The van der Waals surface area contributed by atoms with Crippen LogP contribution in [0.15, 0.2) is 29.4 Å². The van der Waals surface area contributed by atoms with Crippen LogP contribution in [0.1, 0.15) is 13.3 Å².